The van der Waals surface area contributed by atoms with Crippen LogP contribution in [0.1, 0.15) is 45.4 Å². The lowest BCUT2D eigenvalue weighted by atomic mass is 9.77. The van der Waals surface area contributed by atoms with E-state index in [2.05, 4.69) is 10.4 Å². The maximum atomic E-state index is 13.2. The maximum Gasteiger partial charge on any atom is 0.328 e. The molecule has 172 valence electrons. The molecule has 3 N–H and O–H groups in total. The third-order valence-electron chi connectivity index (χ3n) is 6.29. The van der Waals surface area contributed by atoms with Gasteiger partial charge in [0.2, 0.25) is 5.91 Å². The van der Waals surface area contributed by atoms with Gasteiger partial charge in [-0.1, -0.05) is 56.5 Å². The molecule has 32 heavy (non-hydrogen) atoms. The summed E-state index contributed by atoms with van der Waals surface area (Å²) in [6.07, 6.45) is 7.94. The van der Waals surface area contributed by atoms with Gasteiger partial charge in [0.15, 0.2) is 0 Å². The predicted octanol–water partition coefficient (Wildman–Crippen LogP) is 3.43. The molecule has 1 amide bonds. The smallest absolute Gasteiger partial charge is 0.328 e. The number of carbonyl (C=O) groups is 3. The quantitative estimate of drug-likeness (QED) is 0.491. The normalized spacial score (nSPS) is 16.9. The van der Waals surface area contributed by atoms with Gasteiger partial charge in [-0.05, 0) is 30.7 Å². The fourth-order valence-corrected chi connectivity index (χ4v) is 4.69. The molecule has 1 aromatic carbocycles. The second-order valence-electron chi connectivity index (χ2n) is 8.52. The summed E-state index contributed by atoms with van der Waals surface area (Å²) < 4.78 is 1.49. The van der Waals surface area contributed by atoms with Crippen LogP contribution in [0.15, 0.2) is 42.7 Å². The van der Waals surface area contributed by atoms with Gasteiger partial charge in [-0.15, -0.1) is 0 Å². The molecule has 8 nitrogen and oxygen atoms in total. The van der Waals surface area contributed by atoms with Crippen LogP contribution in [0.5, 0.6) is 0 Å². The molecular weight excluding hydrogens is 410 g/mol. The van der Waals surface area contributed by atoms with Crippen molar-refractivity contribution < 1.29 is 24.6 Å². The fourth-order valence-electron chi connectivity index (χ4n) is 4.69. The average molecular weight is 442 g/mol. The molecule has 0 spiro atoms. The van der Waals surface area contributed by atoms with Crippen LogP contribution < -0.4 is 5.32 Å². The van der Waals surface area contributed by atoms with Crippen molar-refractivity contribution >= 4 is 17.8 Å². The van der Waals surface area contributed by atoms with E-state index in [-0.39, 0.29) is 12.5 Å². The van der Waals surface area contributed by atoms with E-state index in [0.717, 1.165) is 36.8 Å². The van der Waals surface area contributed by atoms with Gasteiger partial charge in [0, 0.05) is 11.8 Å². The first-order chi connectivity index (χ1) is 15.4. The van der Waals surface area contributed by atoms with Crippen LogP contribution in [-0.2, 0) is 20.9 Å². The van der Waals surface area contributed by atoms with Crippen LogP contribution in [0.25, 0.3) is 11.1 Å². The molecule has 8 heteroatoms. The molecule has 0 bridgehead atoms. The van der Waals surface area contributed by atoms with Crippen molar-refractivity contribution in [1.82, 2.24) is 15.1 Å². The van der Waals surface area contributed by atoms with Crippen molar-refractivity contribution in [1.29, 1.82) is 0 Å². The van der Waals surface area contributed by atoms with E-state index >= 15 is 0 Å². The number of aliphatic carboxylic acids is 2. The first kappa shape index (κ1) is 23.5. The minimum atomic E-state index is -1.20. The number of hydrogen-bond donors (Lipinski definition) is 3. The van der Waals surface area contributed by atoms with Crippen molar-refractivity contribution in [3.05, 3.63) is 42.7 Å². The molecule has 0 saturated heterocycles. The standard InChI is InChI=1S/C24H31N3O5/c1-2-8-19(23(29)30)21(17-11-6-7-12-17)22(28)26-20(24(31)32)15-27-14-18(13-25-27)16-9-4-3-5-10-16/h3-5,9-10,13-14,17,19-21H,2,6-8,11-12,15H2,1H3,(H,26,28)(H,29,30)(H,31,32)/t19-,20+,21?/m1/s1. The number of carboxylic acids is 2. The van der Waals surface area contributed by atoms with Crippen LogP contribution in [0.3, 0.4) is 0 Å². The van der Waals surface area contributed by atoms with Gasteiger partial charge in [-0.25, -0.2) is 4.79 Å². The van der Waals surface area contributed by atoms with Crippen molar-refractivity contribution in [3.8, 4) is 11.1 Å². The van der Waals surface area contributed by atoms with Crippen LogP contribution in [0, 0.1) is 17.8 Å². The first-order valence-corrected chi connectivity index (χ1v) is 11.2. The largest absolute Gasteiger partial charge is 0.481 e. The number of carbonyl (C=O) groups excluding carboxylic acids is 1. The van der Waals surface area contributed by atoms with Crippen LogP contribution in [0.2, 0.25) is 0 Å². The topological polar surface area (TPSA) is 122 Å². The molecule has 1 saturated carbocycles. The van der Waals surface area contributed by atoms with Gasteiger partial charge in [-0.2, -0.15) is 5.10 Å². The summed E-state index contributed by atoms with van der Waals surface area (Å²) in [7, 11) is 0. The van der Waals surface area contributed by atoms with E-state index in [1.54, 1.807) is 12.4 Å². The number of aromatic nitrogens is 2. The molecule has 1 fully saturated rings. The lowest BCUT2D eigenvalue weighted by molar-refractivity contribution is -0.150. The highest BCUT2D eigenvalue weighted by molar-refractivity contribution is 5.88. The Morgan fingerprint density at radius 1 is 1.09 bits per heavy atom. The van der Waals surface area contributed by atoms with Crippen molar-refractivity contribution in [3.63, 3.8) is 0 Å². The number of nitrogens with zero attached hydrogens (tertiary/aromatic N) is 2. The van der Waals surface area contributed by atoms with Crippen molar-refractivity contribution in [2.75, 3.05) is 0 Å². The van der Waals surface area contributed by atoms with Crippen LogP contribution in [0.4, 0.5) is 0 Å². The van der Waals surface area contributed by atoms with Gasteiger partial charge >= 0.3 is 11.9 Å². The summed E-state index contributed by atoms with van der Waals surface area (Å²) in [4.78, 5) is 37.1. The molecule has 3 rings (SSSR count). The molecule has 1 aliphatic rings. The summed E-state index contributed by atoms with van der Waals surface area (Å²) in [6, 6.07) is 8.39. The number of hydrogen-bond acceptors (Lipinski definition) is 4. The van der Waals surface area contributed by atoms with Crippen molar-refractivity contribution in [2.45, 2.75) is 58.0 Å². The zero-order valence-electron chi connectivity index (χ0n) is 18.3. The second-order valence-corrected chi connectivity index (χ2v) is 8.52. The zero-order valence-corrected chi connectivity index (χ0v) is 18.3. The molecule has 0 aliphatic heterocycles. The molecule has 1 aliphatic carbocycles. The highest BCUT2D eigenvalue weighted by Gasteiger charge is 2.41. The summed E-state index contributed by atoms with van der Waals surface area (Å²) >= 11 is 0. The van der Waals surface area contributed by atoms with E-state index < -0.39 is 35.7 Å². The summed E-state index contributed by atoms with van der Waals surface area (Å²) in [5, 5.41) is 26.4. The van der Waals surface area contributed by atoms with Crippen molar-refractivity contribution in [2.24, 2.45) is 17.8 Å². The van der Waals surface area contributed by atoms with Crippen LogP contribution >= 0.6 is 0 Å². The van der Waals surface area contributed by atoms with Gasteiger partial charge in [-0.3, -0.25) is 14.3 Å². The Balaban J connectivity index is 1.76. The Labute approximate surface area is 187 Å². The third-order valence-corrected chi connectivity index (χ3v) is 6.29. The average Bonchev–Trinajstić information content (AvgIpc) is 3.46. The van der Waals surface area contributed by atoms with Gasteiger partial charge in [0.1, 0.15) is 6.04 Å². The van der Waals surface area contributed by atoms with Crippen LogP contribution in [-0.4, -0.2) is 43.9 Å². The summed E-state index contributed by atoms with van der Waals surface area (Å²) in [5.74, 6) is -4.23. The molecular formula is C24H31N3O5. The van der Waals surface area contributed by atoms with Gasteiger partial charge in [0.25, 0.3) is 0 Å². The zero-order chi connectivity index (χ0) is 23.1. The Morgan fingerprint density at radius 3 is 2.38 bits per heavy atom. The fraction of sp³-hybridized carbons (Fsp3) is 0.500. The lowest BCUT2D eigenvalue weighted by Crippen LogP contribution is -2.49. The Kier molecular flexibility index (Phi) is 8.03. The summed E-state index contributed by atoms with van der Waals surface area (Å²) in [6.45, 7) is 1.85. The number of carboxylic acid groups (broad SMARTS) is 2. The SMILES string of the molecule is CCC[C@@H](C(=O)O)C(C(=O)N[C@@H](Cn1cc(-c2ccccc2)cn1)C(=O)O)C1CCCC1. The molecule has 1 heterocycles. The Bertz CT molecular complexity index is 921. The number of amides is 1. The number of nitrogens with one attached hydrogen (secondary N) is 1. The van der Waals surface area contributed by atoms with E-state index in [1.165, 1.54) is 4.68 Å². The highest BCUT2D eigenvalue weighted by atomic mass is 16.4. The second kappa shape index (κ2) is 10.9. The Hall–Kier alpha value is -3.16. The van der Waals surface area contributed by atoms with Gasteiger partial charge < -0.3 is 15.5 Å². The number of rotatable bonds is 11. The lowest BCUT2D eigenvalue weighted by Gasteiger charge is -2.29. The molecule has 3 atom stereocenters. The third kappa shape index (κ3) is 5.75. The number of benzene rings is 1. The highest BCUT2D eigenvalue weighted by Crippen LogP contribution is 2.37. The molecule has 1 aromatic heterocycles. The molecule has 2 aromatic rings. The monoisotopic (exact) mass is 441 g/mol. The van der Waals surface area contributed by atoms with E-state index in [9.17, 15) is 24.6 Å². The molecule has 0 radical (unpaired) electrons. The van der Waals surface area contributed by atoms with E-state index in [4.69, 9.17) is 0 Å². The minimum Gasteiger partial charge on any atom is -0.481 e. The Morgan fingerprint density at radius 2 is 1.78 bits per heavy atom. The maximum absolute atomic E-state index is 13.2. The van der Waals surface area contributed by atoms with Gasteiger partial charge in [0.05, 0.1) is 24.6 Å². The molecule has 1 unspecified atom stereocenters. The summed E-state index contributed by atoms with van der Waals surface area (Å²) in [5.41, 5.74) is 1.80. The van der Waals surface area contributed by atoms with E-state index in [1.807, 2.05) is 37.3 Å². The first-order valence-electron chi connectivity index (χ1n) is 11.2. The minimum absolute atomic E-state index is 0.0357. The van der Waals surface area contributed by atoms with E-state index in [0.29, 0.717) is 12.8 Å². The predicted molar refractivity (Wildman–Crippen MR) is 119 cm³/mol.